The number of nitriles is 1. The Labute approximate surface area is 180 Å². The van der Waals surface area contributed by atoms with Crippen molar-refractivity contribution in [3.63, 3.8) is 0 Å². The van der Waals surface area contributed by atoms with E-state index in [-0.39, 0.29) is 24.7 Å². The molecule has 2 aromatic heterocycles. The second-order valence-electron chi connectivity index (χ2n) is 7.49. The molecule has 1 amide bonds. The molecule has 1 fully saturated rings. The van der Waals surface area contributed by atoms with Gasteiger partial charge in [0, 0.05) is 18.7 Å². The summed E-state index contributed by atoms with van der Waals surface area (Å²) < 4.78 is 10.9. The van der Waals surface area contributed by atoms with E-state index in [0.29, 0.717) is 30.4 Å². The van der Waals surface area contributed by atoms with Crippen LogP contribution in [0.4, 0.5) is 10.7 Å². The average Bonchev–Trinajstić information content (AvgIpc) is 3.39. The van der Waals surface area contributed by atoms with Gasteiger partial charge in [-0.3, -0.25) is 0 Å². The number of aromatic nitrogens is 3. The zero-order valence-corrected chi connectivity index (χ0v) is 17.5. The molecule has 0 aliphatic carbocycles. The van der Waals surface area contributed by atoms with Crippen LogP contribution in [0.2, 0.25) is 0 Å². The van der Waals surface area contributed by atoms with E-state index in [4.69, 9.17) is 9.47 Å². The topological polar surface area (TPSA) is 116 Å². The van der Waals surface area contributed by atoms with Crippen LogP contribution in [-0.2, 0) is 4.74 Å². The lowest BCUT2D eigenvalue weighted by Crippen LogP contribution is -2.30. The Morgan fingerprint density at radius 2 is 2.26 bits per heavy atom. The van der Waals surface area contributed by atoms with Gasteiger partial charge in [-0.05, 0) is 36.8 Å². The number of likely N-dealkylation sites (tertiary alicyclic amines) is 1. The molecule has 0 spiro atoms. The van der Waals surface area contributed by atoms with Crippen LogP contribution < -0.4 is 10.1 Å². The molecule has 9 heteroatoms. The van der Waals surface area contributed by atoms with Gasteiger partial charge in [0.25, 0.3) is 0 Å². The molecule has 3 heterocycles. The first-order chi connectivity index (χ1) is 15.1. The van der Waals surface area contributed by atoms with Crippen molar-refractivity contribution >= 4 is 23.2 Å². The van der Waals surface area contributed by atoms with Crippen molar-refractivity contribution in [1.29, 1.82) is 5.26 Å². The molecule has 0 bridgehead atoms. The second-order valence-corrected chi connectivity index (χ2v) is 7.49. The lowest BCUT2D eigenvalue weighted by atomic mass is 10.0. The summed E-state index contributed by atoms with van der Waals surface area (Å²) in [6.45, 7) is 3.01. The lowest BCUT2D eigenvalue weighted by molar-refractivity contribution is 0.125. The Balaban J connectivity index is 1.48. The third-order valence-corrected chi connectivity index (χ3v) is 5.23. The number of benzene rings is 1. The van der Waals surface area contributed by atoms with E-state index in [2.05, 4.69) is 26.3 Å². The molecule has 1 aromatic carbocycles. The van der Waals surface area contributed by atoms with Crippen LogP contribution in [0, 0.1) is 18.3 Å². The maximum atomic E-state index is 11.7. The summed E-state index contributed by atoms with van der Waals surface area (Å²) in [5.74, 6) is 1.25. The fourth-order valence-corrected chi connectivity index (χ4v) is 3.68. The van der Waals surface area contributed by atoms with Crippen LogP contribution in [0.15, 0.2) is 36.4 Å². The molecule has 4 rings (SSSR count). The van der Waals surface area contributed by atoms with Crippen LogP contribution in [-0.4, -0.2) is 52.2 Å². The summed E-state index contributed by atoms with van der Waals surface area (Å²) in [4.78, 5) is 25.4. The molecule has 2 atom stereocenters. The molecule has 1 saturated heterocycles. The molecule has 0 unspecified atom stereocenters. The van der Waals surface area contributed by atoms with Gasteiger partial charge in [-0.1, -0.05) is 12.1 Å². The Morgan fingerprint density at radius 1 is 1.39 bits per heavy atom. The number of methoxy groups -OCH3 is 1. The highest BCUT2D eigenvalue weighted by atomic mass is 16.5. The molecule has 3 aromatic rings. The molecule has 1 aliphatic heterocycles. The maximum absolute atomic E-state index is 11.7. The van der Waals surface area contributed by atoms with Crippen LogP contribution in [0.5, 0.6) is 5.75 Å². The number of fused-ring (bicyclic) bond motifs is 1. The lowest BCUT2D eigenvalue weighted by Gasteiger charge is -2.19. The number of ether oxygens (including phenoxy) is 2. The maximum Gasteiger partial charge on any atom is 0.409 e. The van der Waals surface area contributed by atoms with E-state index in [9.17, 15) is 10.1 Å². The highest BCUT2D eigenvalue weighted by Crippen LogP contribution is 2.27. The minimum atomic E-state index is -0.339. The number of aryl methyl sites for hydroxylation is 1. The zero-order valence-electron chi connectivity index (χ0n) is 17.5. The van der Waals surface area contributed by atoms with Crippen LogP contribution in [0.3, 0.4) is 0 Å². The van der Waals surface area contributed by atoms with E-state index >= 15 is 0 Å². The number of nitrogens with zero attached hydrogens (tertiary/aromatic N) is 4. The third kappa shape index (κ3) is 4.69. The molecular weight excluding hydrogens is 396 g/mol. The van der Waals surface area contributed by atoms with Gasteiger partial charge in [0.1, 0.15) is 11.9 Å². The molecule has 2 N–H and O–H groups in total. The number of carbonyl (C=O) groups excluding carboxylic acids is 1. The van der Waals surface area contributed by atoms with Gasteiger partial charge >= 0.3 is 6.09 Å². The number of H-pyrrole nitrogens is 1. The molecule has 0 saturated carbocycles. The van der Waals surface area contributed by atoms with Crippen molar-refractivity contribution in [3.8, 4) is 11.8 Å². The van der Waals surface area contributed by atoms with Crippen LogP contribution >= 0.6 is 0 Å². The summed E-state index contributed by atoms with van der Waals surface area (Å²) in [5.41, 5.74) is 3.26. The van der Waals surface area contributed by atoms with Crippen LogP contribution in [0.25, 0.3) is 11.2 Å². The number of rotatable bonds is 6. The van der Waals surface area contributed by atoms with Gasteiger partial charge in [-0.25, -0.2) is 9.78 Å². The second kappa shape index (κ2) is 8.92. The smallest absolute Gasteiger partial charge is 0.409 e. The van der Waals surface area contributed by atoms with E-state index in [1.165, 1.54) is 7.11 Å². The van der Waals surface area contributed by atoms with Crippen molar-refractivity contribution in [2.75, 3.05) is 25.5 Å². The minimum Gasteiger partial charge on any atom is -0.489 e. The number of aromatic amines is 1. The summed E-state index contributed by atoms with van der Waals surface area (Å²) in [5, 5.41) is 12.6. The number of hydrogen-bond acceptors (Lipinski definition) is 7. The summed E-state index contributed by atoms with van der Waals surface area (Å²) in [6.07, 6.45) is 0.562. The normalized spacial score (nSPS) is 16.7. The molecular formula is C22H24N6O3. The monoisotopic (exact) mass is 420 g/mol. The van der Waals surface area contributed by atoms with E-state index in [0.717, 1.165) is 23.2 Å². The zero-order chi connectivity index (χ0) is 21.8. The van der Waals surface area contributed by atoms with E-state index in [1.54, 1.807) is 4.90 Å². The number of hydrogen-bond donors (Lipinski definition) is 2. The fraction of sp³-hybridized carbons (Fsp3) is 0.364. The number of imidazole rings is 1. The summed E-state index contributed by atoms with van der Waals surface area (Å²) in [6, 6.07) is 13.4. The van der Waals surface area contributed by atoms with Crippen LogP contribution in [0.1, 0.15) is 30.1 Å². The molecule has 9 nitrogen and oxygen atoms in total. The Morgan fingerprint density at radius 3 is 3.06 bits per heavy atom. The Hall–Kier alpha value is -3.80. The summed E-state index contributed by atoms with van der Waals surface area (Å²) >= 11 is 0. The number of anilines is 1. The average molecular weight is 420 g/mol. The van der Waals surface area contributed by atoms with E-state index in [1.807, 2.05) is 43.3 Å². The SMILES string of the molecule is COC(=O)N1CC[C@@H](Oc2cccc([C@@H](CC#N)Nc3nc4nc(C)ccc4[nH]3)c2)C1. The molecule has 31 heavy (non-hydrogen) atoms. The number of amides is 1. The largest absolute Gasteiger partial charge is 0.489 e. The van der Waals surface area contributed by atoms with E-state index < -0.39 is 0 Å². The predicted octanol–water partition coefficient (Wildman–Crippen LogP) is 3.55. The van der Waals surface area contributed by atoms with Gasteiger partial charge in [0.05, 0.1) is 37.7 Å². The molecule has 1 aliphatic rings. The highest BCUT2D eigenvalue weighted by Gasteiger charge is 2.28. The summed E-state index contributed by atoms with van der Waals surface area (Å²) in [7, 11) is 1.38. The fourth-order valence-electron chi connectivity index (χ4n) is 3.68. The molecule has 160 valence electrons. The highest BCUT2D eigenvalue weighted by molar-refractivity contribution is 5.73. The quantitative estimate of drug-likeness (QED) is 0.626. The third-order valence-electron chi connectivity index (χ3n) is 5.23. The first kappa shape index (κ1) is 20.5. The predicted molar refractivity (Wildman–Crippen MR) is 115 cm³/mol. The minimum absolute atomic E-state index is 0.0959. The first-order valence-electron chi connectivity index (χ1n) is 10.1. The van der Waals surface area contributed by atoms with Crippen molar-refractivity contribution in [1.82, 2.24) is 19.9 Å². The van der Waals surface area contributed by atoms with Gasteiger partial charge in [0.15, 0.2) is 5.65 Å². The standard InChI is InChI=1S/C22H24N6O3/c1-14-6-7-19-20(24-14)27-21(26-19)25-18(8-10-23)15-4-3-5-16(12-15)31-17-9-11-28(13-17)22(29)30-2/h3-7,12,17-18H,8-9,11,13H2,1-2H3,(H2,24,25,26,27)/t17-,18-/m1/s1. The molecule has 0 radical (unpaired) electrons. The van der Waals surface area contributed by atoms with Crippen molar-refractivity contribution in [3.05, 3.63) is 47.7 Å². The number of carbonyl (C=O) groups is 1. The van der Waals surface area contributed by atoms with Crippen molar-refractivity contribution in [2.45, 2.75) is 31.9 Å². The van der Waals surface area contributed by atoms with Gasteiger partial charge in [0.2, 0.25) is 5.95 Å². The Bertz CT molecular complexity index is 1120. The van der Waals surface area contributed by atoms with Gasteiger partial charge in [-0.2, -0.15) is 10.2 Å². The first-order valence-corrected chi connectivity index (χ1v) is 10.1. The van der Waals surface area contributed by atoms with Gasteiger partial charge < -0.3 is 24.7 Å². The van der Waals surface area contributed by atoms with Gasteiger partial charge in [-0.15, -0.1) is 0 Å². The number of nitrogens with one attached hydrogen (secondary N) is 2. The Kier molecular flexibility index (Phi) is 5.89. The van der Waals surface area contributed by atoms with Crippen molar-refractivity contribution < 1.29 is 14.3 Å². The van der Waals surface area contributed by atoms with Crippen molar-refractivity contribution in [2.24, 2.45) is 0 Å². The number of pyridine rings is 1.